The van der Waals surface area contributed by atoms with E-state index in [-0.39, 0.29) is 21.0 Å². The van der Waals surface area contributed by atoms with Gasteiger partial charge in [0.05, 0.1) is 21.0 Å². The molecule has 0 radical (unpaired) electrons. The molecule has 0 aliphatic carbocycles. The molecule has 3 aromatic rings. The number of anilines is 2. The molecule has 1 fully saturated rings. The highest BCUT2D eigenvalue weighted by atomic mass is 32.2. The van der Waals surface area contributed by atoms with Gasteiger partial charge in [-0.2, -0.15) is 4.31 Å². The van der Waals surface area contributed by atoms with E-state index in [1.807, 2.05) is 0 Å². The molecular formula is C23H22FN3O5S2. The molecule has 8 nitrogen and oxygen atoms in total. The van der Waals surface area contributed by atoms with Crippen LogP contribution in [-0.2, 0) is 20.0 Å². The molecule has 0 saturated carbocycles. The maximum Gasteiger partial charge on any atom is 0.261 e. The lowest BCUT2D eigenvalue weighted by molar-refractivity contribution is 0.102. The fourth-order valence-corrected chi connectivity index (χ4v) is 6.17. The predicted octanol–water partition coefficient (Wildman–Crippen LogP) is 3.66. The molecule has 4 rings (SSSR count). The number of carbonyl (C=O) groups excluding carboxylic acids is 1. The molecule has 0 bridgehead atoms. The zero-order valence-corrected chi connectivity index (χ0v) is 19.6. The highest BCUT2D eigenvalue weighted by molar-refractivity contribution is 7.92. The van der Waals surface area contributed by atoms with Crippen LogP contribution in [0.3, 0.4) is 0 Å². The first-order valence-electron chi connectivity index (χ1n) is 10.5. The molecule has 0 aromatic heterocycles. The highest BCUT2D eigenvalue weighted by Gasteiger charge is 2.27. The smallest absolute Gasteiger partial charge is 0.261 e. The van der Waals surface area contributed by atoms with Crippen molar-refractivity contribution in [2.45, 2.75) is 22.6 Å². The molecule has 3 aromatic carbocycles. The van der Waals surface area contributed by atoms with E-state index in [0.717, 1.165) is 37.1 Å². The second kappa shape index (κ2) is 9.53. The summed E-state index contributed by atoms with van der Waals surface area (Å²) in [6.45, 7) is 0.983. The van der Waals surface area contributed by atoms with Crippen LogP contribution in [0.15, 0.2) is 82.6 Å². The summed E-state index contributed by atoms with van der Waals surface area (Å²) in [6.07, 6.45) is 1.66. The van der Waals surface area contributed by atoms with Crippen LogP contribution in [0.4, 0.5) is 15.8 Å². The first-order chi connectivity index (χ1) is 16.2. The molecule has 2 N–H and O–H groups in total. The van der Waals surface area contributed by atoms with Gasteiger partial charge >= 0.3 is 0 Å². The summed E-state index contributed by atoms with van der Waals surface area (Å²) in [4.78, 5) is 12.9. The quantitative estimate of drug-likeness (QED) is 0.511. The number of carbonyl (C=O) groups is 1. The van der Waals surface area contributed by atoms with E-state index >= 15 is 0 Å². The Morgan fingerprint density at radius 3 is 2.03 bits per heavy atom. The molecule has 1 aliphatic rings. The van der Waals surface area contributed by atoms with E-state index in [1.165, 1.54) is 40.7 Å². The van der Waals surface area contributed by atoms with Crippen molar-refractivity contribution in [2.24, 2.45) is 0 Å². The lowest BCUT2D eigenvalue weighted by atomic mass is 10.1. The van der Waals surface area contributed by atoms with Gasteiger partial charge in [-0.05, 0) is 73.5 Å². The number of hydrogen-bond donors (Lipinski definition) is 2. The topological polar surface area (TPSA) is 113 Å². The van der Waals surface area contributed by atoms with Crippen LogP contribution in [0.5, 0.6) is 0 Å². The average Bonchev–Trinajstić information content (AvgIpc) is 3.36. The lowest BCUT2D eigenvalue weighted by Gasteiger charge is -2.16. The molecule has 1 saturated heterocycles. The molecule has 1 aliphatic heterocycles. The number of benzene rings is 3. The molecule has 1 amide bonds. The lowest BCUT2D eigenvalue weighted by Crippen LogP contribution is -2.27. The standard InChI is InChI=1S/C23H22FN3O5S2/c24-17-7-11-19(12-8-17)33(29,30)26-22-6-2-1-5-21(22)23(28)25-18-9-13-20(14-10-18)34(31,32)27-15-3-4-16-27/h1-2,5-14,26H,3-4,15-16H2,(H,25,28). The molecule has 0 atom stereocenters. The second-order valence-electron chi connectivity index (χ2n) is 7.69. The minimum atomic E-state index is -4.06. The van der Waals surface area contributed by atoms with E-state index in [0.29, 0.717) is 18.8 Å². The second-order valence-corrected chi connectivity index (χ2v) is 11.3. The fourth-order valence-electron chi connectivity index (χ4n) is 3.57. The van der Waals surface area contributed by atoms with Crippen molar-refractivity contribution >= 4 is 37.3 Å². The van der Waals surface area contributed by atoms with E-state index in [2.05, 4.69) is 10.0 Å². The Balaban J connectivity index is 1.51. The maximum absolute atomic E-state index is 13.1. The summed E-state index contributed by atoms with van der Waals surface area (Å²) in [6, 6.07) is 16.1. The van der Waals surface area contributed by atoms with Gasteiger partial charge < -0.3 is 5.32 Å². The largest absolute Gasteiger partial charge is 0.322 e. The van der Waals surface area contributed by atoms with Gasteiger partial charge in [0, 0.05) is 18.8 Å². The first-order valence-corrected chi connectivity index (χ1v) is 13.4. The Morgan fingerprint density at radius 1 is 0.794 bits per heavy atom. The van der Waals surface area contributed by atoms with Crippen molar-refractivity contribution in [1.29, 1.82) is 0 Å². The van der Waals surface area contributed by atoms with Crippen molar-refractivity contribution < 1.29 is 26.0 Å². The molecule has 0 unspecified atom stereocenters. The van der Waals surface area contributed by atoms with Gasteiger partial charge in [-0.3, -0.25) is 9.52 Å². The number of sulfonamides is 2. The molecule has 11 heteroatoms. The zero-order valence-electron chi connectivity index (χ0n) is 17.9. The minimum Gasteiger partial charge on any atom is -0.322 e. The van der Waals surface area contributed by atoms with E-state index < -0.39 is 31.8 Å². The fraction of sp³-hybridized carbons (Fsp3) is 0.174. The highest BCUT2D eigenvalue weighted by Crippen LogP contribution is 2.24. The molecular weight excluding hydrogens is 481 g/mol. The molecule has 178 valence electrons. The number of para-hydroxylation sites is 1. The predicted molar refractivity (Wildman–Crippen MR) is 126 cm³/mol. The van der Waals surface area contributed by atoms with E-state index in [1.54, 1.807) is 12.1 Å². The summed E-state index contributed by atoms with van der Waals surface area (Å²) >= 11 is 0. The normalized spacial score (nSPS) is 14.6. The van der Waals surface area contributed by atoms with Crippen LogP contribution in [0, 0.1) is 5.82 Å². The number of rotatable bonds is 7. The third kappa shape index (κ3) is 5.11. The zero-order chi connectivity index (χ0) is 24.3. The number of nitrogens with zero attached hydrogens (tertiary/aromatic N) is 1. The van der Waals surface area contributed by atoms with Crippen LogP contribution < -0.4 is 10.0 Å². The third-order valence-corrected chi connectivity index (χ3v) is 8.65. The minimum absolute atomic E-state index is 0.0394. The van der Waals surface area contributed by atoms with Crippen molar-refractivity contribution in [3.05, 3.63) is 84.2 Å². The summed E-state index contributed by atoms with van der Waals surface area (Å²) in [5.74, 6) is -1.16. The SMILES string of the molecule is O=C(Nc1ccc(S(=O)(=O)N2CCCC2)cc1)c1ccccc1NS(=O)(=O)c1ccc(F)cc1. The van der Waals surface area contributed by atoms with Gasteiger partial charge in [0.1, 0.15) is 5.82 Å². The summed E-state index contributed by atoms with van der Waals surface area (Å²) < 4.78 is 67.6. The van der Waals surface area contributed by atoms with Gasteiger partial charge in [0.2, 0.25) is 10.0 Å². The van der Waals surface area contributed by atoms with E-state index in [9.17, 15) is 26.0 Å². The Morgan fingerprint density at radius 2 is 1.38 bits per heavy atom. The van der Waals surface area contributed by atoms with Crippen LogP contribution in [-0.4, -0.2) is 40.1 Å². The Hall–Kier alpha value is -3.28. The molecule has 1 heterocycles. The molecule has 34 heavy (non-hydrogen) atoms. The van der Waals surface area contributed by atoms with Gasteiger partial charge in [0.25, 0.3) is 15.9 Å². The Bertz CT molecular complexity index is 1400. The summed E-state index contributed by atoms with van der Waals surface area (Å²) in [7, 11) is -7.63. The molecule has 0 spiro atoms. The monoisotopic (exact) mass is 503 g/mol. The average molecular weight is 504 g/mol. The third-order valence-electron chi connectivity index (χ3n) is 5.35. The number of nitrogens with one attached hydrogen (secondary N) is 2. The Kier molecular flexibility index (Phi) is 6.69. The van der Waals surface area contributed by atoms with Gasteiger partial charge in [-0.15, -0.1) is 0 Å². The van der Waals surface area contributed by atoms with Crippen LogP contribution in [0.25, 0.3) is 0 Å². The van der Waals surface area contributed by atoms with Crippen LogP contribution in [0.1, 0.15) is 23.2 Å². The van der Waals surface area contributed by atoms with Gasteiger partial charge in [0.15, 0.2) is 0 Å². The van der Waals surface area contributed by atoms with Crippen molar-refractivity contribution in [3.8, 4) is 0 Å². The summed E-state index contributed by atoms with van der Waals surface area (Å²) in [5.41, 5.74) is 0.445. The first kappa shape index (κ1) is 23.9. The van der Waals surface area contributed by atoms with Crippen LogP contribution >= 0.6 is 0 Å². The van der Waals surface area contributed by atoms with Crippen molar-refractivity contribution in [3.63, 3.8) is 0 Å². The Labute approximate surface area is 197 Å². The number of hydrogen-bond acceptors (Lipinski definition) is 5. The number of halogens is 1. The van der Waals surface area contributed by atoms with E-state index in [4.69, 9.17) is 0 Å². The van der Waals surface area contributed by atoms with Crippen LogP contribution in [0.2, 0.25) is 0 Å². The number of amides is 1. The van der Waals surface area contributed by atoms with Gasteiger partial charge in [-0.25, -0.2) is 21.2 Å². The summed E-state index contributed by atoms with van der Waals surface area (Å²) in [5, 5.41) is 2.65. The van der Waals surface area contributed by atoms with Gasteiger partial charge in [-0.1, -0.05) is 12.1 Å². The maximum atomic E-state index is 13.1. The van der Waals surface area contributed by atoms with Crippen molar-refractivity contribution in [2.75, 3.05) is 23.1 Å². The van der Waals surface area contributed by atoms with Crippen molar-refractivity contribution in [1.82, 2.24) is 4.31 Å².